The van der Waals surface area contributed by atoms with Gasteiger partial charge in [-0.1, -0.05) is 26.0 Å². The summed E-state index contributed by atoms with van der Waals surface area (Å²) in [6.07, 6.45) is 2.77. The first kappa shape index (κ1) is 13.1. The molecule has 0 bridgehead atoms. The van der Waals surface area contributed by atoms with E-state index in [0.717, 1.165) is 25.3 Å². The molecule has 5 nitrogen and oxygen atoms in total. The summed E-state index contributed by atoms with van der Waals surface area (Å²) < 4.78 is 7.26. The van der Waals surface area contributed by atoms with Crippen LogP contribution in [-0.2, 0) is 11.3 Å². The lowest BCUT2D eigenvalue weighted by molar-refractivity contribution is 0.101. The van der Waals surface area contributed by atoms with Crippen LogP contribution in [0.3, 0.4) is 0 Å². The van der Waals surface area contributed by atoms with Gasteiger partial charge in [0, 0.05) is 6.61 Å². The van der Waals surface area contributed by atoms with Crippen molar-refractivity contribution in [1.29, 1.82) is 0 Å². The molecule has 0 spiro atoms. The first-order chi connectivity index (χ1) is 7.63. The van der Waals surface area contributed by atoms with Crippen LogP contribution in [-0.4, -0.2) is 28.2 Å². The molecule has 0 radical (unpaired) electrons. The summed E-state index contributed by atoms with van der Waals surface area (Å²) in [5.41, 5.74) is 6.71. The van der Waals surface area contributed by atoms with Crippen LogP contribution >= 0.6 is 0 Å². The Labute approximate surface area is 97.0 Å². The highest BCUT2D eigenvalue weighted by molar-refractivity contribution is 4.98. The van der Waals surface area contributed by atoms with E-state index in [2.05, 4.69) is 24.2 Å². The summed E-state index contributed by atoms with van der Waals surface area (Å²) in [7, 11) is 0. The van der Waals surface area contributed by atoms with Gasteiger partial charge in [-0.2, -0.15) is 0 Å². The Balaban J connectivity index is 2.29. The van der Waals surface area contributed by atoms with Crippen molar-refractivity contribution in [3.05, 3.63) is 11.9 Å². The Morgan fingerprint density at radius 3 is 2.88 bits per heavy atom. The molecule has 0 aliphatic rings. The van der Waals surface area contributed by atoms with Crippen LogP contribution in [0.5, 0.6) is 0 Å². The van der Waals surface area contributed by atoms with Crippen LogP contribution in [0.1, 0.15) is 38.9 Å². The zero-order valence-electron chi connectivity index (χ0n) is 10.4. The summed E-state index contributed by atoms with van der Waals surface area (Å²) in [5.74, 6) is 0.569. The smallest absolute Gasteiger partial charge is 0.0994 e. The van der Waals surface area contributed by atoms with Gasteiger partial charge in [0.2, 0.25) is 0 Å². The van der Waals surface area contributed by atoms with E-state index in [1.807, 2.05) is 13.1 Å². The molecule has 1 rings (SSSR count). The van der Waals surface area contributed by atoms with Gasteiger partial charge in [-0.3, -0.25) is 0 Å². The molecule has 0 fully saturated rings. The minimum absolute atomic E-state index is 0.00895. The molecular weight excluding hydrogens is 204 g/mol. The van der Waals surface area contributed by atoms with Crippen LogP contribution in [0.15, 0.2) is 6.20 Å². The van der Waals surface area contributed by atoms with Crippen molar-refractivity contribution in [3.63, 3.8) is 0 Å². The largest absolute Gasteiger partial charge is 0.379 e. The fourth-order valence-corrected chi connectivity index (χ4v) is 1.28. The first-order valence-electron chi connectivity index (χ1n) is 5.86. The van der Waals surface area contributed by atoms with Crippen LogP contribution in [0.4, 0.5) is 0 Å². The summed E-state index contributed by atoms with van der Waals surface area (Å²) in [6.45, 7) is 8.49. The molecule has 1 aromatic heterocycles. The number of hydrogen-bond acceptors (Lipinski definition) is 4. The van der Waals surface area contributed by atoms with Crippen LogP contribution in [0, 0.1) is 5.92 Å². The molecule has 92 valence electrons. The van der Waals surface area contributed by atoms with E-state index < -0.39 is 0 Å². The second kappa shape index (κ2) is 6.60. The standard InChI is InChI=1S/C11H22N4O/c1-4-10(12)11-7-15(14-13-11)5-6-16-8-9(2)3/h7,9-10H,4-6,8,12H2,1-3H3. The summed E-state index contributed by atoms with van der Waals surface area (Å²) in [5, 5.41) is 8.04. The highest BCUT2D eigenvalue weighted by Gasteiger charge is 2.07. The highest BCUT2D eigenvalue weighted by atomic mass is 16.5. The van der Waals surface area contributed by atoms with E-state index in [1.54, 1.807) is 4.68 Å². The van der Waals surface area contributed by atoms with Crippen molar-refractivity contribution >= 4 is 0 Å². The van der Waals surface area contributed by atoms with Gasteiger partial charge < -0.3 is 10.5 Å². The Kier molecular flexibility index (Phi) is 5.42. The molecule has 1 atom stereocenters. The lowest BCUT2D eigenvalue weighted by Crippen LogP contribution is -2.10. The Bertz CT molecular complexity index is 298. The van der Waals surface area contributed by atoms with Crippen molar-refractivity contribution in [3.8, 4) is 0 Å². The molecule has 5 heteroatoms. The summed E-state index contributed by atoms with van der Waals surface area (Å²) in [6, 6.07) is -0.00895. The topological polar surface area (TPSA) is 66.0 Å². The zero-order chi connectivity index (χ0) is 12.0. The number of aromatic nitrogens is 3. The van der Waals surface area contributed by atoms with Crippen molar-refractivity contribution < 1.29 is 4.74 Å². The predicted molar refractivity (Wildman–Crippen MR) is 62.9 cm³/mol. The Morgan fingerprint density at radius 2 is 2.25 bits per heavy atom. The van der Waals surface area contributed by atoms with Crippen molar-refractivity contribution in [2.24, 2.45) is 11.7 Å². The van der Waals surface area contributed by atoms with E-state index in [9.17, 15) is 0 Å². The van der Waals surface area contributed by atoms with E-state index >= 15 is 0 Å². The molecule has 1 aromatic rings. The minimum Gasteiger partial charge on any atom is -0.379 e. The van der Waals surface area contributed by atoms with Gasteiger partial charge in [0.15, 0.2) is 0 Å². The predicted octanol–water partition coefficient (Wildman–Crippen LogP) is 1.36. The van der Waals surface area contributed by atoms with Gasteiger partial charge in [-0.25, -0.2) is 4.68 Å². The zero-order valence-corrected chi connectivity index (χ0v) is 10.4. The van der Waals surface area contributed by atoms with Crippen LogP contribution in [0.2, 0.25) is 0 Å². The maximum Gasteiger partial charge on any atom is 0.0994 e. The third-order valence-corrected chi connectivity index (χ3v) is 2.29. The average Bonchev–Trinajstić information content (AvgIpc) is 2.71. The lowest BCUT2D eigenvalue weighted by atomic mass is 10.2. The Morgan fingerprint density at radius 1 is 1.50 bits per heavy atom. The second-order valence-electron chi connectivity index (χ2n) is 4.39. The average molecular weight is 226 g/mol. The quantitative estimate of drug-likeness (QED) is 0.713. The third-order valence-electron chi connectivity index (χ3n) is 2.29. The van der Waals surface area contributed by atoms with Gasteiger partial charge in [-0.05, 0) is 12.3 Å². The molecule has 0 aromatic carbocycles. The van der Waals surface area contributed by atoms with Gasteiger partial charge in [0.25, 0.3) is 0 Å². The number of nitrogens with zero attached hydrogens (tertiary/aromatic N) is 3. The van der Waals surface area contributed by atoms with Gasteiger partial charge in [0.1, 0.15) is 0 Å². The fraction of sp³-hybridized carbons (Fsp3) is 0.818. The fourth-order valence-electron chi connectivity index (χ4n) is 1.28. The second-order valence-corrected chi connectivity index (χ2v) is 4.39. The maximum atomic E-state index is 5.86. The maximum absolute atomic E-state index is 5.86. The first-order valence-corrected chi connectivity index (χ1v) is 5.86. The van der Waals surface area contributed by atoms with Crippen molar-refractivity contribution in [1.82, 2.24) is 15.0 Å². The molecule has 0 saturated carbocycles. The molecule has 0 amide bonds. The highest BCUT2D eigenvalue weighted by Crippen LogP contribution is 2.08. The number of ether oxygens (including phenoxy) is 1. The number of rotatable bonds is 7. The SMILES string of the molecule is CCC(N)c1cn(CCOCC(C)C)nn1. The van der Waals surface area contributed by atoms with E-state index in [0.29, 0.717) is 12.5 Å². The lowest BCUT2D eigenvalue weighted by Gasteiger charge is -2.06. The monoisotopic (exact) mass is 226 g/mol. The molecule has 1 unspecified atom stereocenters. The molecule has 1 heterocycles. The summed E-state index contributed by atoms with van der Waals surface area (Å²) >= 11 is 0. The minimum atomic E-state index is -0.00895. The molecule has 0 saturated heterocycles. The van der Waals surface area contributed by atoms with Gasteiger partial charge >= 0.3 is 0 Å². The third kappa shape index (κ3) is 4.28. The van der Waals surface area contributed by atoms with Crippen molar-refractivity contribution in [2.45, 2.75) is 39.8 Å². The molecule has 2 N–H and O–H groups in total. The van der Waals surface area contributed by atoms with E-state index in [4.69, 9.17) is 10.5 Å². The van der Waals surface area contributed by atoms with Crippen molar-refractivity contribution in [2.75, 3.05) is 13.2 Å². The normalized spacial score (nSPS) is 13.3. The van der Waals surface area contributed by atoms with E-state index in [-0.39, 0.29) is 6.04 Å². The Hall–Kier alpha value is -0.940. The summed E-state index contributed by atoms with van der Waals surface area (Å²) in [4.78, 5) is 0. The van der Waals surface area contributed by atoms with Crippen LogP contribution in [0.25, 0.3) is 0 Å². The number of nitrogens with two attached hydrogens (primary N) is 1. The molecule has 16 heavy (non-hydrogen) atoms. The number of hydrogen-bond donors (Lipinski definition) is 1. The van der Waals surface area contributed by atoms with Gasteiger partial charge in [-0.15, -0.1) is 5.10 Å². The van der Waals surface area contributed by atoms with Gasteiger partial charge in [0.05, 0.1) is 31.1 Å². The van der Waals surface area contributed by atoms with Crippen LogP contribution < -0.4 is 5.73 Å². The molecule has 0 aliphatic heterocycles. The molecular formula is C11H22N4O. The van der Waals surface area contributed by atoms with E-state index in [1.165, 1.54) is 0 Å². The molecule has 0 aliphatic carbocycles.